The van der Waals surface area contributed by atoms with Crippen molar-refractivity contribution in [2.24, 2.45) is 5.92 Å². The van der Waals surface area contributed by atoms with Gasteiger partial charge in [-0.25, -0.2) is 0 Å². The van der Waals surface area contributed by atoms with Crippen LogP contribution in [0, 0.1) is 12.8 Å². The summed E-state index contributed by atoms with van der Waals surface area (Å²) in [5.41, 5.74) is 3.73. The highest BCUT2D eigenvalue weighted by atomic mass is 14.9. The predicted molar refractivity (Wildman–Crippen MR) is 77.1 cm³/mol. The van der Waals surface area contributed by atoms with Crippen molar-refractivity contribution in [1.29, 1.82) is 0 Å². The average Bonchev–Trinajstić information content (AvgIpc) is 2.73. The minimum Gasteiger partial charge on any atom is -0.383 e. The maximum atomic E-state index is 3.63. The van der Waals surface area contributed by atoms with Crippen LogP contribution in [-0.2, 0) is 0 Å². The summed E-state index contributed by atoms with van der Waals surface area (Å²) in [7, 11) is 0. The topological polar surface area (TPSA) is 39.9 Å². The van der Waals surface area contributed by atoms with Gasteiger partial charge in [0.1, 0.15) is 0 Å². The van der Waals surface area contributed by atoms with Gasteiger partial charge in [0.05, 0.1) is 5.69 Å². The molecule has 1 aromatic carbocycles. The number of aromatic amines is 1. The van der Waals surface area contributed by atoms with E-state index in [2.05, 4.69) is 46.8 Å². The number of para-hydroxylation sites is 1. The van der Waals surface area contributed by atoms with E-state index in [1.165, 1.54) is 41.7 Å². The number of piperidine rings is 1. The summed E-state index contributed by atoms with van der Waals surface area (Å²) in [5, 5.41) is 8.41. The zero-order valence-electron chi connectivity index (χ0n) is 10.9. The van der Waals surface area contributed by atoms with E-state index in [-0.39, 0.29) is 0 Å². The summed E-state index contributed by atoms with van der Waals surface area (Å²) in [6.45, 7) is 5.54. The monoisotopic (exact) mass is 243 g/mol. The average molecular weight is 243 g/mol. The van der Waals surface area contributed by atoms with Crippen LogP contribution in [0.3, 0.4) is 0 Å². The number of hydrogen-bond donors (Lipinski definition) is 3. The van der Waals surface area contributed by atoms with Crippen molar-refractivity contribution in [3.63, 3.8) is 0 Å². The number of H-pyrrole nitrogens is 1. The van der Waals surface area contributed by atoms with Gasteiger partial charge in [-0.05, 0) is 44.8 Å². The van der Waals surface area contributed by atoms with Crippen molar-refractivity contribution in [1.82, 2.24) is 10.3 Å². The van der Waals surface area contributed by atoms with Gasteiger partial charge >= 0.3 is 0 Å². The maximum Gasteiger partial charge on any atom is 0.0628 e. The smallest absolute Gasteiger partial charge is 0.0628 e. The molecule has 3 N–H and O–H groups in total. The molecule has 0 radical (unpaired) electrons. The maximum absolute atomic E-state index is 3.63. The second kappa shape index (κ2) is 5.02. The molecule has 3 nitrogen and oxygen atoms in total. The fourth-order valence-corrected chi connectivity index (χ4v) is 2.85. The molecule has 0 amide bonds. The fourth-order valence-electron chi connectivity index (χ4n) is 2.85. The molecule has 1 atom stereocenters. The van der Waals surface area contributed by atoms with Gasteiger partial charge in [-0.3, -0.25) is 0 Å². The molecule has 0 spiro atoms. The minimum absolute atomic E-state index is 0.756. The first kappa shape index (κ1) is 11.6. The molecule has 1 aromatic heterocycles. The Morgan fingerprint density at radius 1 is 1.33 bits per heavy atom. The van der Waals surface area contributed by atoms with E-state index in [0.29, 0.717) is 0 Å². The Bertz CT molecular complexity index is 524. The van der Waals surface area contributed by atoms with Crippen LogP contribution >= 0.6 is 0 Å². The van der Waals surface area contributed by atoms with Crippen LogP contribution in [0.4, 0.5) is 5.69 Å². The lowest BCUT2D eigenvalue weighted by molar-refractivity contribution is 0.393. The quantitative estimate of drug-likeness (QED) is 0.775. The molecule has 0 saturated carbocycles. The van der Waals surface area contributed by atoms with E-state index >= 15 is 0 Å². The third-order valence-electron chi connectivity index (χ3n) is 3.86. The van der Waals surface area contributed by atoms with Crippen molar-refractivity contribution in [3.8, 4) is 0 Å². The zero-order valence-corrected chi connectivity index (χ0v) is 10.9. The van der Waals surface area contributed by atoms with Gasteiger partial charge in [0.15, 0.2) is 0 Å². The van der Waals surface area contributed by atoms with Gasteiger partial charge < -0.3 is 15.6 Å². The molecule has 0 aliphatic carbocycles. The molecule has 96 valence electrons. The molecule has 1 saturated heterocycles. The molecule has 18 heavy (non-hydrogen) atoms. The molecule has 3 rings (SSSR count). The van der Waals surface area contributed by atoms with Crippen LogP contribution in [0.25, 0.3) is 10.9 Å². The molecule has 2 heterocycles. The van der Waals surface area contributed by atoms with Gasteiger partial charge in [-0.15, -0.1) is 0 Å². The summed E-state index contributed by atoms with van der Waals surface area (Å²) in [4.78, 5) is 3.44. The highest BCUT2D eigenvalue weighted by molar-refractivity contribution is 5.94. The van der Waals surface area contributed by atoms with Crippen molar-refractivity contribution in [2.45, 2.75) is 19.8 Å². The van der Waals surface area contributed by atoms with Crippen LogP contribution in [0.5, 0.6) is 0 Å². The van der Waals surface area contributed by atoms with Crippen molar-refractivity contribution in [3.05, 3.63) is 30.0 Å². The first-order valence-corrected chi connectivity index (χ1v) is 6.86. The van der Waals surface area contributed by atoms with Crippen LogP contribution in [0.2, 0.25) is 0 Å². The second-order valence-corrected chi connectivity index (χ2v) is 5.26. The number of aromatic nitrogens is 1. The van der Waals surface area contributed by atoms with Crippen molar-refractivity contribution in [2.75, 3.05) is 25.0 Å². The summed E-state index contributed by atoms with van der Waals surface area (Å²) in [6.07, 6.45) is 2.64. The fraction of sp³-hybridized carbons (Fsp3) is 0.467. The van der Waals surface area contributed by atoms with E-state index in [9.17, 15) is 0 Å². The van der Waals surface area contributed by atoms with Crippen LogP contribution in [0.15, 0.2) is 24.3 Å². The van der Waals surface area contributed by atoms with Crippen LogP contribution in [0.1, 0.15) is 18.5 Å². The molecule has 1 aliphatic heterocycles. The molecule has 3 heteroatoms. The number of anilines is 1. The normalized spacial score (nSPS) is 20.2. The summed E-state index contributed by atoms with van der Waals surface area (Å²) in [6, 6.07) is 8.49. The van der Waals surface area contributed by atoms with E-state index in [1.807, 2.05) is 0 Å². The summed E-state index contributed by atoms with van der Waals surface area (Å²) >= 11 is 0. The zero-order chi connectivity index (χ0) is 12.4. The van der Waals surface area contributed by atoms with Crippen molar-refractivity contribution < 1.29 is 0 Å². The van der Waals surface area contributed by atoms with Gasteiger partial charge in [-0.2, -0.15) is 0 Å². The Kier molecular flexibility index (Phi) is 3.24. The largest absolute Gasteiger partial charge is 0.383 e. The van der Waals surface area contributed by atoms with E-state index < -0.39 is 0 Å². The predicted octanol–water partition coefficient (Wildman–Crippen LogP) is 2.89. The Hall–Kier alpha value is -1.48. The Balaban J connectivity index is 1.75. The SMILES string of the molecule is Cc1[nH]c2ccccc2c1NCC1CCCNC1. The molecular weight excluding hydrogens is 222 g/mol. The van der Waals surface area contributed by atoms with Gasteiger partial charge in [0.2, 0.25) is 0 Å². The Morgan fingerprint density at radius 2 is 2.22 bits per heavy atom. The Labute approximate surface area is 108 Å². The number of nitrogens with one attached hydrogen (secondary N) is 3. The van der Waals surface area contributed by atoms with Crippen molar-refractivity contribution >= 4 is 16.6 Å². The first-order chi connectivity index (χ1) is 8.84. The molecule has 2 aromatic rings. The lowest BCUT2D eigenvalue weighted by Crippen LogP contribution is -2.33. The summed E-state index contributed by atoms with van der Waals surface area (Å²) < 4.78 is 0. The number of aryl methyl sites for hydroxylation is 1. The second-order valence-electron chi connectivity index (χ2n) is 5.26. The van der Waals surface area contributed by atoms with Crippen LogP contribution < -0.4 is 10.6 Å². The lowest BCUT2D eigenvalue weighted by atomic mass is 9.99. The number of hydrogen-bond acceptors (Lipinski definition) is 2. The molecular formula is C15H21N3. The van der Waals surface area contributed by atoms with E-state index in [4.69, 9.17) is 0 Å². The minimum atomic E-state index is 0.756. The molecule has 0 bridgehead atoms. The third-order valence-corrected chi connectivity index (χ3v) is 3.86. The van der Waals surface area contributed by atoms with Gasteiger partial charge in [0.25, 0.3) is 0 Å². The van der Waals surface area contributed by atoms with E-state index in [0.717, 1.165) is 19.0 Å². The number of benzene rings is 1. The van der Waals surface area contributed by atoms with E-state index in [1.54, 1.807) is 0 Å². The third kappa shape index (κ3) is 2.23. The first-order valence-electron chi connectivity index (χ1n) is 6.86. The lowest BCUT2D eigenvalue weighted by Gasteiger charge is -2.23. The highest BCUT2D eigenvalue weighted by Crippen LogP contribution is 2.27. The van der Waals surface area contributed by atoms with Gasteiger partial charge in [0, 0.05) is 23.1 Å². The molecule has 1 aliphatic rings. The number of rotatable bonds is 3. The summed E-state index contributed by atoms with van der Waals surface area (Å²) in [5.74, 6) is 0.756. The standard InChI is InChI=1S/C15H21N3/c1-11-15(13-6-2-3-7-14(13)18-11)17-10-12-5-4-8-16-9-12/h2-3,6-7,12,16-18H,4-5,8-10H2,1H3. The molecule has 1 fully saturated rings. The Morgan fingerprint density at radius 3 is 3.06 bits per heavy atom. The molecule has 1 unspecified atom stereocenters. The highest BCUT2D eigenvalue weighted by Gasteiger charge is 2.14. The number of fused-ring (bicyclic) bond motifs is 1. The van der Waals surface area contributed by atoms with Crippen LogP contribution in [-0.4, -0.2) is 24.6 Å². The van der Waals surface area contributed by atoms with Gasteiger partial charge in [-0.1, -0.05) is 18.2 Å².